The third-order valence-corrected chi connectivity index (χ3v) is 6.12. The summed E-state index contributed by atoms with van der Waals surface area (Å²) in [6, 6.07) is 13.4. The number of fused-ring (bicyclic) bond motifs is 2. The lowest BCUT2D eigenvalue weighted by Crippen LogP contribution is -2.20. The Morgan fingerprint density at radius 3 is 2.81 bits per heavy atom. The van der Waals surface area contributed by atoms with E-state index in [1.54, 1.807) is 23.0 Å². The van der Waals surface area contributed by atoms with Gasteiger partial charge in [0.05, 0.1) is 11.2 Å². The van der Waals surface area contributed by atoms with Gasteiger partial charge >= 0.3 is 0 Å². The summed E-state index contributed by atoms with van der Waals surface area (Å²) in [6.07, 6.45) is 6.13. The molecule has 6 rings (SSSR count). The summed E-state index contributed by atoms with van der Waals surface area (Å²) in [6.45, 7) is 3.79. The highest BCUT2D eigenvalue weighted by atomic mass is 35.5. The highest BCUT2D eigenvalue weighted by molar-refractivity contribution is 6.29. The monoisotopic (exact) mass is 520 g/mol. The van der Waals surface area contributed by atoms with E-state index in [0.717, 1.165) is 47.5 Å². The van der Waals surface area contributed by atoms with Gasteiger partial charge < -0.3 is 15.4 Å². The Morgan fingerprint density at radius 2 is 1.97 bits per heavy atom. The number of hydrogen-bond donors (Lipinski definition) is 2. The molecule has 0 fully saturated rings. The van der Waals surface area contributed by atoms with E-state index in [9.17, 15) is 0 Å². The fourth-order valence-electron chi connectivity index (χ4n) is 4.09. The van der Waals surface area contributed by atoms with Gasteiger partial charge in [0.1, 0.15) is 34.8 Å². The van der Waals surface area contributed by atoms with Gasteiger partial charge in [-0.3, -0.25) is 0 Å². The second kappa shape index (κ2) is 10.1. The van der Waals surface area contributed by atoms with Crippen molar-refractivity contribution in [3.05, 3.63) is 77.6 Å². The Hall–Kier alpha value is -3.79. The molecule has 1 aliphatic rings. The van der Waals surface area contributed by atoms with Crippen LogP contribution < -0.4 is 15.4 Å². The first-order valence-electron chi connectivity index (χ1n) is 11.2. The van der Waals surface area contributed by atoms with Crippen LogP contribution in [0.5, 0.6) is 11.5 Å². The van der Waals surface area contributed by atoms with Gasteiger partial charge in [-0.25, -0.2) is 24.5 Å². The molecule has 0 atom stereocenters. The highest BCUT2D eigenvalue weighted by Gasteiger charge is 2.13. The number of hydrogen-bond acceptors (Lipinski definition) is 8. The molecular weight excluding hydrogens is 499 g/mol. The standard InChI is InChI=1S/C25H21ClN8O.ClH/c1-15-10-17(2-5-21(15)35-18-11-22(26)34-23(12-18)29-14-31-34)32-25-24-20(28-13-30-25)4-3-19(33-24)16-6-8-27-9-7-16;/h2-6,10-14,27H,7-9H2,1H3,(H,28,30,32);1H. The van der Waals surface area contributed by atoms with E-state index in [2.05, 4.69) is 36.8 Å². The molecule has 0 saturated heterocycles. The summed E-state index contributed by atoms with van der Waals surface area (Å²) in [5, 5.41) is 11.2. The lowest BCUT2D eigenvalue weighted by molar-refractivity contribution is 0.478. The number of nitrogens with one attached hydrogen (secondary N) is 2. The molecule has 1 aliphatic heterocycles. The van der Waals surface area contributed by atoms with Crippen molar-refractivity contribution in [2.24, 2.45) is 0 Å². The Kier molecular flexibility index (Phi) is 6.69. The normalized spacial score (nSPS) is 13.3. The molecule has 0 amide bonds. The summed E-state index contributed by atoms with van der Waals surface area (Å²) >= 11 is 6.28. The van der Waals surface area contributed by atoms with Gasteiger partial charge in [0.15, 0.2) is 11.5 Å². The number of anilines is 2. The number of pyridine rings is 2. The Labute approximate surface area is 218 Å². The van der Waals surface area contributed by atoms with E-state index in [4.69, 9.17) is 21.3 Å². The van der Waals surface area contributed by atoms with Gasteiger partial charge in [-0.05, 0) is 61.4 Å². The second-order valence-electron chi connectivity index (χ2n) is 8.22. The van der Waals surface area contributed by atoms with Crippen LogP contribution in [0.3, 0.4) is 0 Å². The average molecular weight is 521 g/mol. The topological polar surface area (TPSA) is 102 Å². The predicted molar refractivity (Wildman–Crippen MR) is 143 cm³/mol. The second-order valence-corrected chi connectivity index (χ2v) is 8.61. The van der Waals surface area contributed by atoms with Gasteiger partial charge in [-0.2, -0.15) is 5.10 Å². The van der Waals surface area contributed by atoms with Crippen molar-refractivity contribution in [2.75, 3.05) is 18.4 Å². The van der Waals surface area contributed by atoms with Crippen LogP contribution in [-0.2, 0) is 0 Å². The molecule has 9 nitrogen and oxygen atoms in total. The van der Waals surface area contributed by atoms with Gasteiger partial charge in [0, 0.05) is 24.4 Å². The first-order chi connectivity index (χ1) is 17.1. The zero-order valence-electron chi connectivity index (χ0n) is 19.3. The quantitative estimate of drug-likeness (QED) is 0.298. The van der Waals surface area contributed by atoms with Crippen molar-refractivity contribution in [3.8, 4) is 11.5 Å². The SMILES string of the molecule is Cc1cc(Nc2ncnc3ccc(C4=CCNCC4)nc23)ccc1Oc1cc(Cl)n2ncnc2c1.Cl. The van der Waals surface area contributed by atoms with Crippen molar-refractivity contribution in [3.63, 3.8) is 0 Å². The molecule has 0 saturated carbocycles. The maximum atomic E-state index is 6.28. The maximum Gasteiger partial charge on any atom is 0.160 e. The summed E-state index contributed by atoms with van der Waals surface area (Å²) in [7, 11) is 0. The van der Waals surface area contributed by atoms with E-state index in [1.165, 1.54) is 11.9 Å². The van der Waals surface area contributed by atoms with E-state index >= 15 is 0 Å². The Balaban J connectivity index is 0.00000267. The van der Waals surface area contributed by atoms with Crippen LogP contribution in [0.2, 0.25) is 5.15 Å². The minimum absolute atomic E-state index is 0. The number of aryl methyl sites for hydroxylation is 1. The molecule has 5 aromatic rings. The summed E-state index contributed by atoms with van der Waals surface area (Å²) in [5.41, 5.74) is 6.15. The van der Waals surface area contributed by atoms with Crippen LogP contribution in [0.25, 0.3) is 22.3 Å². The first kappa shape index (κ1) is 23.9. The number of benzene rings is 1. The minimum atomic E-state index is 0. The third-order valence-electron chi connectivity index (χ3n) is 5.85. The predicted octanol–water partition coefficient (Wildman–Crippen LogP) is 5.36. The third kappa shape index (κ3) is 4.68. The van der Waals surface area contributed by atoms with Crippen LogP contribution in [0.1, 0.15) is 17.7 Å². The Morgan fingerprint density at radius 1 is 1.06 bits per heavy atom. The van der Waals surface area contributed by atoms with Gasteiger partial charge in [0.2, 0.25) is 0 Å². The molecular formula is C25H22Cl2N8O. The van der Waals surface area contributed by atoms with Gasteiger partial charge in [-0.15, -0.1) is 12.4 Å². The Bertz CT molecular complexity index is 1600. The van der Waals surface area contributed by atoms with Crippen LogP contribution in [-0.4, -0.2) is 42.6 Å². The molecule has 2 N–H and O–H groups in total. The zero-order chi connectivity index (χ0) is 23.8. The molecule has 5 heterocycles. The summed E-state index contributed by atoms with van der Waals surface area (Å²) < 4.78 is 7.63. The lowest BCUT2D eigenvalue weighted by Gasteiger charge is -2.15. The minimum Gasteiger partial charge on any atom is -0.457 e. The van der Waals surface area contributed by atoms with E-state index < -0.39 is 0 Å². The fraction of sp³-hybridized carbons (Fsp3) is 0.160. The molecule has 0 radical (unpaired) electrons. The number of rotatable bonds is 5. The number of nitrogens with zero attached hydrogens (tertiary/aromatic N) is 6. The van der Waals surface area contributed by atoms with Crippen molar-refractivity contribution in [2.45, 2.75) is 13.3 Å². The number of halogens is 2. The largest absolute Gasteiger partial charge is 0.457 e. The zero-order valence-corrected chi connectivity index (χ0v) is 20.8. The van der Waals surface area contributed by atoms with Crippen LogP contribution in [0.15, 0.2) is 61.2 Å². The molecule has 11 heteroatoms. The fourth-order valence-corrected chi connectivity index (χ4v) is 4.33. The molecule has 0 unspecified atom stereocenters. The van der Waals surface area contributed by atoms with E-state index in [0.29, 0.717) is 28.1 Å². The molecule has 0 spiro atoms. The highest BCUT2D eigenvalue weighted by Crippen LogP contribution is 2.31. The van der Waals surface area contributed by atoms with Crippen molar-refractivity contribution < 1.29 is 4.74 Å². The molecule has 182 valence electrons. The number of ether oxygens (including phenoxy) is 1. The molecule has 36 heavy (non-hydrogen) atoms. The van der Waals surface area contributed by atoms with E-state index in [1.807, 2.05) is 37.3 Å². The smallest absolute Gasteiger partial charge is 0.160 e. The van der Waals surface area contributed by atoms with Crippen LogP contribution in [0, 0.1) is 6.92 Å². The molecule has 0 bridgehead atoms. The maximum absolute atomic E-state index is 6.28. The van der Waals surface area contributed by atoms with E-state index in [-0.39, 0.29) is 12.4 Å². The number of aromatic nitrogens is 6. The van der Waals surface area contributed by atoms with Gasteiger partial charge in [0.25, 0.3) is 0 Å². The molecule has 4 aromatic heterocycles. The molecule has 1 aromatic carbocycles. The molecule has 0 aliphatic carbocycles. The van der Waals surface area contributed by atoms with Crippen molar-refractivity contribution in [1.29, 1.82) is 0 Å². The summed E-state index contributed by atoms with van der Waals surface area (Å²) in [4.78, 5) is 17.9. The first-order valence-corrected chi connectivity index (χ1v) is 11.6. The van der Waals surface area contributed by atoms with Gasteiger partial charge in [-0.1, -0.05) is 17.7 Å². The van der Waals surface area contributed by atoms with Crippen LogP contribution in [0.4, 0.5) is 11.5 Å². The van der Waals surface area contributed by atoms with Crippen LogP contribution >= 0.6 is 24.0 Å². The van der Waals surface area contributed by atoms with Crippen molar-refractivity contribution >= 4 is 57.8 Å². The summed E-state index contributed by atoms with van der Waals surface area (Å²) in [5.74, 6) is 1.95. The lowest BCUT2D eigenvalue weighted by atomic mass is 10.1. The van der Waals surface area contributed by atoms with Crippen molar-refractivity contribution in [1.82, 2.24) is 34.9 Å². The average Bonchev–Trinajstić information content (AvgIpc) is 3.36.